The molecule has 2 aliphatic heterocycles. The van der Waals surface area contributed by atoms with Crippen LogP contribution in [0.5, 0.6) is 0 Å². The summed E-state index contributed by atoms with van der Waals surface area (Å²) >= 11 is 0. The van der Waals surface area contributed by atoms with Crippen molar-refractivity contribution in [2.75, 3.05) is 39.3 Å². The topological polar surface area (TPSA) is 35.6 Å². The highest BCUT2D eigenvalue weighted by Crippen LogP contribution is 2.13. The molecule has 1 N–H and O–H groups in total. The number of hydrogen-bond donors (Lipinski definition) is 1. The fraction of sp³-hybridized carbons (Fsp3) is 0.917. The van der Waals surface area contributed by atoms with E-state index in [4.69, 9.17) is 0 Å². The van der Waals surface area contributed by atoms with Gasteiger partial charge in [-0.05, 0) is 6.42 Å². The van der Waals surface area contributed by atoms with Gasteiger partial charge in [0.2, 0.25) is 5.91 Å². The maximum Gasteiger partial charge on any atom is 0.225 e. The molecule has 0 aromatic rings. The molecule has 4 heteroatoms. The molecule has 0 saturated carbocycles. The molecule has 1 unspecified atom stereocenters. The highest BCUT2D eigenvalue weighted by Gasteiger charge is 2.29. The zero-order valence-corrected chi connectivity index (χ0v) is 10.4. The quantitative estimate of drug-likeness (QED) is 0.742. The molecule has 2 fully saturated rings. The summed E-state index contributed by atoms with van der Waals surface area (Å²) in [7, 11) is 0. The van der Waals surface area contributed by atoms with Gasteiger partial charge >= 0.3 is 0 Å². The van der Waals surface area contributed by atoms with Gasteiger partial charge in [0.1, 0.15) is 0 Å². The van der Waals surface area contributed by atoms with E-state index in [9.17, 15) is 4.79 Å². The van der Waals surface area contributed by atoms with Crippen molar-refractivity contribution in [3.8, 4) is 0 Å². The van der Waals surface area contributed by atoms with Crippen molar-refractivity contribution in [3.05, 3.63) is 0 Å². The van der Waals surface area contributed by atoms with Crippen LogP contribution in [0.15, 0.2) is 0 Å². The molecule has 2 rings (SSSR count). The van der Waals surface area contributed by atoms with E-state index in [0.717, 1.165) is 51.7 Å². The average molecular weight is 225 g/mol. The lowest BCUT2D eigenvalue weighted by molar-refractivity contribution is -0.137. The smallest absolute Gasteiger partial charge is 0.225 e. The maximum atomic E-state index is 12.0. The number of hydrogen-bond acceptors (Lipinski definition) is 3. The van der Waals surface area contributed by atoms with Crippen LogP contribution < -0.4 is 5.32 Å². The molecule has 92 valence electrons. The third-order valence-corrected chi connectivity index (χ3v) is 3.94. The zero-order chi connectivity index (χ0) is 11.5. The third kappa shape index (κ3) is 2.38. The van der Waals surface area contributed by atoms with Crippen molar-refractivity contribution < 1.29 is 4.79 Å². The second-order valence-electron chi connectivity index (χ2n) is 4.98. The van der Waals surface area contributed by atoms with E-state index in [2.05, 4.69) is 17.1 Å². The summed E-state index contributed by atoms with van der Waals surface area (Å²) in [5, 5.41) is 3.30. The van der Waals surface area contributed by atoms with Crippen LogP contribution in [0.2, 0.25) is 0 Å². The second-order valence-corrected chi connectivity index (χ2v) is 4.98. The normalized spacial score (nSPS) is 25.2. The number of carbonyl (C=O) groups excluding carboxylic acids is 1. The summed E-state index contributed by atoms with van der Waals surface area (Å²) < 4.78 is 0. The highest BCUT2D eigenvalue weighted by molar-refractivity contribution is 5.78. The Morgan fingerprint density at radius 1 is 1.31 bits per heavy atom. The molecule has 1 amide bonds. The van der Waals surface area contributed by atoms with Crippen molar-refractivity contribution >= 4 is 5.91 Å². The van der Waals surface area contributed by atoms with E-state index >= 15 is 0 Å². The van der Waals surface area contributed by atoms with Crippen molar-refractivity contribution in [1.29, 1.82) is 0 Å². The van der Waals surface area contributed by atoms with Crippen molar-refractivity contribution in [3.63, 3.8) is 0 Å². The van der Waals surface area contributed by atoms with Gasteiger partial charge in [0.25, 0.3) is 0 Å². The first-order valence-corrected chi connectivity index (χ1v) is 6.46. The van der Waals surface area contributed by atoms with Gasteiger partial charge < -0.3 is 10.2 Å². The van der Waals surface area contributed by atoms with E-state index in [1.807, 2.05) is 11.8 Å². The molecule has 0 bridgehead atoms. The first-order chi connectivity index (χ1) is 7.72. The third-order valence-electron chi connectivity index (χ3n) is 3.94. The van der Waals surface area contributed by atoms with Gasteiger partial charge in [-0.3, -0.25) is 9.69 Å². The summed E-state index contributed by atoms with van der Waals surface area (Å²) in [6, 6.07) is 0.723. The monoisotopic (exact) mass is 225 g/mol. The zero-order valence-electron chi connectivity index (χ0n) is 10.4. The lowest BCUT2D eigenvalue weighted by Gasteiger charge is -2.43. The first kappa shape index (κ1) is 11.9. The lowest BCUT2D eigenvalue weighted by atomic mass is 10.1. The summed E-state index contributed by atoms with van der Waals surface area (Å²) in [6.07, 6.45) is 0.950. The Labute approximate surface area is 98.0 Å². The van der Waals surface area contributed by atoms with E-state index in [1.54, 1.807) is 0 Å². The minimum absolute atomic E-state index is 0.192. The number of nitrogens with one attached hydrogen (secondary N) is 1. The minimum Gasteiger partial charge on any atom is -0.340 e. The lowest BCUT2D eigenvalue weighted by Crippen LogP contribution is -2.62. The first-order valence-electron chi connectivity index (χ1n) is 6.46. The van der Waals surface area contributed by atoms with Crippen LogP contribution >= 0.6 is 0 Å². The van der Waals surface area contributed by atoms with E-state index < -0.39 is 0 Å². The maximum absolute atomic E-state index is 12.0. The Morgan fingerprint density at radius 3 is 2.38 bits per heavy atom. The molecule has 0 aromatic heterocycles. The fourth-order valence-electron chi connectivity index (χ4n) is 2.33. The minimum atomic E-state index is 0.192. The molecular formula is C12H23N3O. The van der Waals surface area contributed by atoms with Crippen molar-refractivity contribution in [1.82, 2.24) is 15.1 Å². The predicted octanol–water partition coefficient (Wildman–Crippen LogP) is 0.149. The fourth-order valence-corrected chi connectivity index (χ4v) is 2.33. The van der Waals surface area contributed by atoms with Gasteiger partial charge in [-0.25, -0.2) is 0 Å². The Hall–Kier alpha value is -0.610. The van der Waals surface area contributed by atoms with Crippen LogP contribution in [0.4, 0.5) is 0 Å². The van der Waals surface area contributed by atoms with Crippen molar-refractivity contribution in [2.45, 2.75) is 26.3 Å². The SMILES string of the molecule is CCC(C)C(=O)N1CCN(C2CNC2)CC1. The molecule has 0 spiro atoms. The van der Waals surface area contributed by atoms with Gasteiger partial charge in [0.05, 0.1) is 0 Å². The van der Waals surface area contributed by atoms with E-state index in [1.165, 1.54) is 0 Å². The van der Waals surface area contributed by atoms with Crippen LogP contribution in [-0.4, -0.2) is 61.0 Å². The molecule has 0 aliphatic carbocycles. The number of rotatable bonds is 3. The standard InChI is InChI=1S/C12H23N3O/c1-3-10(2)12(16)15-6-4-14(5-7-15)11-8-13-9-11/h10-11,13H,3-9H2,1-2H3. The molecule has 2 heterocycles. The average Bonchev–Trinajstić information content (AvgIpc) is 2.26. The largest absolute Gasteiger partial charge is 0.340 e. The summed E-state index contributed by atoms with van der Waals surface area (Å²) in [5.74, 6) is 0.533. The van der Waals surface area contributed by atoms with Gasteiger partial charge in [-0.15, -0.1) is 0 Å². The van der Waals surface area contributed by atoms with Gasteiger partial charge in [0.15, 0.2) is 0 Å². The Morgan fingerprint density at radius 2 is 1.94 bits per heavy atom. The molecule has 0 radical (unpaired) electrons. The van der Waals surface area contributed by atoms with Gasteiger partial charge in [-0.2, -0.15) is 0 Å². The molecule has 2 aliphatic rings. The molecule has 4 nitrogen and oxygen atoms in total. The van der Waals surface area contributed by atoms with Crippen LogP contribution in [-0.2, 0) is 4.79 Å². The number of amides is 1. The molecule has 2 saturated heterocycles. The van der Waals surface area contributed by atoms with Crippen molar-refractivity contribution in [2.24, 2.45) is 5.92 Å². The number of piperazine rings is 1. The van der Waals surface area contributed by atoms with Crippen LogP contribution in [0.3, 0.4) is 0 Å². The Kier molecular flexibility index (Phi) is 3.82. The molecule has 1 atom stereocenters. The molecule has 0 aromatic carbocycles. The van der Waals surface area contributed by atoms with Gasteiger partial charge in [0, 0.05) is 51.2 Å². The van der Waals surface area contributed by atoms with Crippen LogP contribution in [0.1, 0.15) is 20.3 Å². The Balaban J connectivity index is 1.77. The summed E-state index contributed by atoms with van der Waals surface area (Å²) in [4.78, 5) is 16.5. The van der Waals surface area contributed by atoms with E-state index in [0.29, 0.717) is 5.91 Å². The summed E-state index contributed by atoms with van der Waals surface area (Å²) in [6.45, 7) is 10.3. The highest BCUT2D eigenvalue weighted by atomic mass is 16.2. The number of carbonyl (C=O) groups is 1. The van der Waals surface area contributed by atoms with Crippen LogP contribution in [0, 0.1) is 5.92 Å². The van der Waals surface area contributed by atoms with E-state index in [-0.39, 0.29) is 5.92 Å². The molecular weight excluding hydrogens is 202 g/mol. The van der Waals surface area contributed by atoms with Crippen LogP contribution in [0.25, 0.3) is 0 Å². The number of nitrogens with zero attached hydrogens (tertiary/aromatic N) is 2. The second kappa shape index (κ2) is 5.15. The van der Waals surface area contributed by atoms with Gasteiger partial charge in [-0.1, -0.05) is 13.8 Å². The molecule has 16 heavy (non-hydrogen) atoms. The summed E-state index contributed by atoms with van der Waals surface area (Å²) in [5.41, 5.74) is 0. The Bertz CT molecular complexity index is 245. The predicted molar refractivity (Wildman–Crippen MR) is 64.3 cm³/mol.